The highest BCUT2D eigenvalue weighted by Gasteiger charge is 2.11. The van der Waals surface area contributed by atoms with Gasteiger partial charge in [-0.3, -0.25) is 14.4 Å². The lowest BCUT2D eigenvalue weighted by Gasteiger charge is -2.25. The molecule has 0 aromatic rings. The van der Waals surface area contributed by atoms with Crippen LogP contribution < -0.4 is 0 Å². The first-order chi connectivity index (χ1) is 29.0. The Morgan fingerprint density at radius 2 is 0.661 bits per heavy atom. The summed E-state index contributed by atoms with van der Waals surface area (Å²) in [5, 5.41) is 9.72. The number of ether oxygens (including phenoxy) is 3. The van der Waals surface area contributed by atoms with Crippen molar-refractivity contribution in [1.82, 2.24) is 9.80 Å². The van der Waals surface area contributed by atoms with Gasteiger partial charge < -0.3 is 29.1 Å². The molecule has 0 saturated heterocycles. The van der Waals surface area contributed by atoms with E-state index in [1.807, 2.05) is 0 Å². The maximum absolute atomic E-state index is 12.4. The number of allylic oxidation sites excluding steroid dienone is 6. The molecule has 0 aliphatic heterocycles. The number of nitrogens with zero attached hydrogens (tertiary/aromatic N) is 2. The predicted octanol–water partition coefficient (Wildman–Crippen LogP) is 11.9. The molecule has 9 heteroatoms. The Bertz CT molecular complexity index is 983. The van der Waals surface area contributed by atoms with Crippen LogP contribution in [0.25, 0.3) is 0 Å². The van der Waals surface area contributed by atoms with Crippen LogP contribution in [0.2, 0.25) is 0 Å². The lowest BCUT2D eigenvalue weighted by atomic mass is 10.2. The van der Waals surface area contributed by atoms with Crippen LogP contribution >= 0.6 is 0 Å². The number of esters is 3. The fraction of sp³-hybridized carbons (Fsp3) is 0.820. The van der Waals surface area contributed by atoms with Crippen molar-refractivity contribution in [2.75, 3.05) is 65.7 Å². The van der Waals surface area contributed by atoms with Gasteiger partial charge in [-0.2, -0.15) is 0 Å². The maximum Gasteiger partial charge on any atom is 0.305 e. The van der Waals surface area contributed by atoms with Gasteiger partial charge in [-0.05, 0) is 155 Å². The summed E-state index contributed by atoms with van der Waals surface area (Å²) in [4.78, 5) is 41.7. The van der Waals surface area contributed by atoms with E-state index in [2.05, 4.69) is 67.0 Å². The number of rotatable bonds is 45. The molecule has 0 aliphatic rings. The van der Waals surface area contributed by atoms with Crippen LogP contribution in [0, 0.1) is 0 Å². The van der Waals surface area contributed by atoms with Crippen molar-refractivity contribution >= 4 is 17.9 Å². The summed E-state index contributed by atoms with van der Waals surface area (Å²) in [7, 11) is 0. The van der Waals surface area contributed by atoms with E-state index in [0.717, 1.165) is 135 Å². The molecule has 0 aromatic heterocycles. The lowest BCUT2D eigenvalue weighted by Crippen LogP contribution is -2.33. The molecule has 59 heavy (non-hydrogen) atoms. The van der Waals surface area contributed by atoms with E-state index in [1.54, 1.807) is 0 Å². The van der Waals surface area contributed by atoms with E-state index in [0.29, 0.717) is 45.6 Å². The lowest BCUT2D eigenvalue weighted by molar-refractivity contribution is -0.144. The number of hydrogen-bond acceptors (Lipinski definition) is 9. The first kappa shape index (κ1) is 56.5. The first-order valence-corrected chi connectivity index (χ1v) is 24.4. The van der Waals surface area contributed by atoms with Crippen molar-refractivity contribution in [1.29, 1.82) is 0 Å². The van der Waals surface area contributed by atoms with Crippen LogP contribution in [-0.4, -0.2) is 98.5 Å². The molecular formula is C50H92N2O7. The Morgan fingerprint density at radius 3 is 0.966 bits per heavy atom. The van der Waals surface area contributed by atoms with Gasteiger partial charge in [0, 0.05) is 25.8 Å². The van der Waals surface area contributed by atoms with E-state index in [-0.39, 0.29) is 24.5 Å². The van der Waals surface area contributed by atoms with Crippen molar-refractivity contribution in [2.24, 2.45) is 0 Å². The first-order valence-electron chi connectivity index (χ1n) is 24.4. The quantitative estimate of drug-likeness (QED) is 0.0278. The average molecular weight is 833 g/mol. The van der Waals surface area contributed by atoms with Gasteiger partial charge in [0.2, 0.25) is 0 Å². The minimum Gasteiger partial charge on any atom is -0.466 e. The van der Waals surface area contributed by atoms with Crippen LogP contribution in [-0.2, 0) is 28.6 Å². The number of hydrogen-bond donors (Lipinski definition) is 1. The van der Waals surface area contributed by atoms with E-state index < -0.39 is 0 Å². The fourth-order valence-corrected chi connectivity index (χ4v) is 6.77. The normalized spacial score (nSPS) is 11.9. The van der Waals surface area contributed by atoms with Gasteiger partial charge in [-0.25, -0.2) is 0 Å². The molecule has 0 aliphatic carbocycles. The van der Waals surface area contributed by atoms with Gasteiger partial charge in [0.05, 0.1) is 26.4 Å². The molecule has 0 radical (unpaired) electrons. The number of unbranched alkanes of at least 4 members (excludes halogenated alkanes) is 15. The molecule has 0 spiro atoms. The molecule has 0 rings (SSSR count). The molecule has 0 fully saturated rings. The summed E-state index contributed by atoms with van der Waals surface area (Å²) in [5.41, 5.74) is 0. The predicted molar refractivity (Wildman–Crippen MR) is 247 cm³/mol. The van der Waals surface area contributed by atoms with Gasteiger partial charge in [-0.15, -0.1) is 0 Å². The van der Waals surface area contributed by atoms with Crippen molar-refractivity contribution in [3.05, 3.63) is 36.5 Å². The molecular weight excluding hydrogens is 741 g/mol. The van der Waals surface area contributed by atoms with E-state index in [4.69, 9.17) is 14.2 Å². The van der Waals surface area contributed by atoms with Crippen LogP contribution in [0.15, 0.2) is 36.5 Å². The second-order valence-corrected chi connectivity index (χ2v) is 16.1. The van der Waals surface area contributed by atoms with E-state index in [9.17, 15) is 19.5 Å². The van der Waals surface area contributed by atoms with Gasteiger partial charge in [-0.1, -0.05) is 95.8 Å². The monoisotopic (exact) mass is 833 g/mol. The number of aliphatic hydroxyl groups is 1. The van der Waals surface area contributed by atoms with Crippen LogP contribution in [0.4, 0.5) is 0 Å². The fourth-order valence-electron chi connectivity index (χ4n) is 6.77. The van der Waals surface area contributed by atoms with Crippen molar-refractivity contribution < 1.29 is 33.7 Å². The molecule has 0 bridgehead atoms. The molecule has 0 saturated carbocycles. The van der Waals surface area contributed by atoms with Crippen LogP contribution in [0.3, 0.4) is 0 Å². The largest absolute Gasteiger partial charge is 0.466 e. The molecule has 0 unspecified atom stereocenters. The van der Waals surface area contributed by atoms with Crippen molar-refractivity contribution in [3.8, 4) is 0 Å². The molecule has 1 N–H and O–H groups in total. The SMILES string of the molecule is CCCCC/C=C\CCCOC(=O)CCCCN(CCO)CCCN(CCCCC(=O)OCCC/C=C\CCCCC)CCCCC(=O)OCCC/C=C\CCCCC. The van der Waals surface area contributed by atoms with E-state index >= 15 is 0 Å². The minimum atomic E-state index is -0.121. The van der Waals surface area contributed by atoms with Crippen LogP contribution in [0.5, 0.6) is 0 Å². The van der Waals surface area contributed by atoms with Gasteiger partial charge in [0.15, 0.2) is 0 Å². The van der Waals surface area contributed by atoms with Gasteiger partial charge >= 0.3 is 17.9 Å². The Hall–Kier alpha value is -2.49. The zero-order valence-corrected chi connectivity index (χ0v) is 38.6. The summed E-state index contributed by atoms with van der Waals surface area (Å²) in [5.74, 6) is -0.345. The van der Waals surface area contributed by atoms with E-state index in [1.165, 1.54) is 57.8 Å². The third-order valence-corrected chi connectivity index (χ3v) is 10.4. The smallest absolute Gasteiger partial charge is 0.305 e. The summed E-state index contributed by atoms with van der Waals surface area (Å²) >= 11 is 0. The second kappa shape index (κ2) is 46.6. The summed E-state index contributed by atoms with van der Waals surface area (Å²) in [6, 6.07) is 0. The topological polar surface area (TPSA) is 106 Å². The highest BCUT2D eigenvalue weighted by molar-refractivity contribution is 5.69. The van der Waals surface area contributed by atoms with Crippen molar-refractivity contribution in [3.63, 3.8) is 0 Å². The molecule has 0 amide bonds. The van der Waals surface area contributed by atoms with Gasteiger partial charge in [0.25, 0.3) is 0 Å². The Morgan fingerprint density at radius 1 is 0.373 bits per heavy atom. The minimum absolute atomic E-state index is 0.108. The van der Waals surface area contributed by atoms with Crippen molar-refractivity contribution in [2.45, 2.75) is 201 Å². The van der Waals surface area contributed by atoms with Crippen LogP contribution in [0.1, 0.15) is 201 Å². The second-order valence-electron chi connectivity index (χ2n) is 16.1. The highest BCUT2D eigenvalue weighted by Crippen LogP contribution is 2.10. The number of aliphatic hydroxyl groups excluding tert-OH is 1. The Balaban J connectivity index is 4.59. The number of carbonyl (C=O) groups is 3. The molecule has 344 valence electrons. The third kappa shape index (κ3) is 43.4. The molecule has 0 heterocycles. The molecule has 9 nitrogen and oxygen atoms in total. The third-order valence-electron chi connectivity index (χ3n) is 10.4. The maximum atomic E-state index is 12.4. The highest BCUT2D eigenvalue weighted by atomic mass is 16.5. The zero-order valence-electron chi connectivity index (χ0n) is 38.6. The summed E-state index contributed by atoms with van der Waals surface area (Å²) in [6.07, 6.45) is 40.8. The average Bonchev–Trinajstić information content (AvgIpc) is 3.23. The molecule has 0 atom stereocenters. The number of carbonyl (C=O) groups excluding carboxylic acids is 3. The molecule has 0 aromatic carbocycles. The zero-order chi connectivity index (χ0) is 43.1. The summed E-state index contributed by atoms with van der Waals surface area (Å²) in [6.45, 7) is 13.2. The standard InChI is InChI=1S/C50H92N2O7/c1-4-7-10-13-16-19-22-31-45-57-48(54)35-25-28-38-51(39-29-26-36-49(55)58-46-32-23-20-17-14-11-8-5-2)41-34-42-52(43-44-53)40-30-27-37-50(56)59-47-33-24-21-18-15-12-9-6-3/h16-21,53H,4-15,22-47H2,1-3H3/b19-16-,20-17-,21-18-. The van der Waals surface area contributed by atoms with Gasteiger partial charge in [0.1, 0.15) is 0 Å². The summed E-state index contributed by atoms with van der Waals surface area (Å²) < 4.78 is 16.4. The Kier molecular flexibility index (Phi) is 44.6. The Labute approximate surface area is 363 Å².